The van der Waals surface area contributed by atoms with E-state index >= 15 is 0 Å². The molecule has 0 aliphatic carbocycles. The van der Waals surface area contributed by atoms with Crippen LogP contribution in [0.2, 0.25) is 0 Å². The van der Waals surface area contributed by atoms with E-state index in [2.05, 4.69) is 6.58 Å². The maximum Gasteiger partial charge on any atom is 0.136 e. The highest BCUT2D eigenvalue weighted by molar-refractivity contribution is 5.78. The number of para-hydroxylation sites is 1. The van der Waals surface area contributed by atoms with Gasteiger partial charge in [-0.2, -0.15) is 0 Å². The Hall–Kier alpha value is -1.57. The van der Waals surface area contributed by atoms with Crippen LogP contribution in [0.15, 0.2) is 43.0 Å². The lowest BCUT2D eigenvalue weighted by molar-refractivity contribution is -0.119. The van der Waals surface area contributed by atoms with Gasteiger partial charge in [0, 0.05) is 12.8 Å². The van der Waals surface area contributed by atoms with Crippen LogP contribution in [0.3, 0.4) is 0 Å². The fourth-order valence-corrected chi connectivity index (χ4v) is 1.37. The second-order valence-corrected chi connectivity index (χ2v) is 3.63. The molecule has 0 aliphatic heterocycles. The summed E-state index contributed by atoms with van der Waals surface area (Å²) < 4.78 is 5.44. The van der Waals surface area contributed by atoms with Gasteiger partial charge < -0.3 is 4.74 Å². The minimum Gasteiger partial charge on any atom is -0.493 e. The number of carbonyl (C=O) groups excluding carboxylic acids is 1. The summed E-state index contributed by atoms with van der Waals surface area (Å²) in [7, 11) is 0. The molecule has 0 heterocycles. The van der Waals surface area contributed by atoms with Crippen molar-refractivity contribution < 1.29 is 9.53 Å². The molecule has 0 fully saturated rings. The van der Waals surface area contributed by atoms with Gasteiger partial charge in [0.05, 0.1) is 6.61 Å². The molecule has 0 saturated heterocycles. The van der Waals surface area contributed by atoms with Gasteiger partial charge >= 0.3 is 0 Å². The molecule has 0 spiro atoms. The maximum atomic E-state index is 11.4. The molecule has 0 unspecified atom stereocenters. The number of carbonyl (C=O) groups is 1. The molecule has 2 nitrogen and oxygen atoms in total. The molecule has 1 aromatic rings. The average Bonchev–Trinajstić information content (AvgIpc) is 2.31. The Bertz CT molecular complexity index is 317. The summed E-state index contributed by atoms with van der Waals surface area (Å²) in [5.74, 6) is 1.08. The molecular formula is C14H18O2. The summed E-state index contributed by atoms with van der Waals surface area (Å²) in [4.78, 5) is 11.4. The van der Waals surface area contributed by atoms with Crippen LogP contribution in [0.25, 0.3) is 0 Å². The monoisotopic (exact) mass is 218 g/mol. The molecule has 0 radical (unpaired) electrons. The molecule has 0 bridgehead atoms. The Balaban J connectivity index is 2.11. The highest BCUT2D eigenvalue weighted by atomic mass is 16.5. The minimum absolute atomic E-state index is 0.262. The van der Waals surface area contributed by atoms with Crippen molar-refractivity contribution in [1.82, 2.24) is 0 Å². The van der Waals surface area contributed by atoms with Gasteiger partial charge in [-0.25, -0.2) is 0 Å². The summed E-state index contributed by atoms with van der Waals surface area (Å²) in [5.41, 5.74) is 0. The normalized spacial score (nSPS) is 9.75. The van der Waals surface area contributed by atoms with Crippen molar-refractivity contribution in [3.8, 4) is 5.75 Å². The second kappa shape index (κ2) is 7.69. The molecule has 0 N–H and O–H groups in total. The molecule has 1 rings (SSSR count). The van der Waals surface area contributed by atoms with E-state index < -0.39 is 0 Å². The van der Waals surface area contributed by atoms with Gasteiger partial charge in [0.2, 0.25) is 0 Å². The van der Waals surface area contributed by atoms with E-state index in [4.69, 9.17) is 4.74 Å². The van der Waals surface area contributed by atoms with Crippen molar-refractivity contribution in [2.75, 3.05) is 6.61 Å². The van der Waals surface area contributed by atoms with E-state index in [1.807, 2.05) is 36.4 Å². The number of rotatable bonds is 8. The summed E-state index contributed by atoms with van der Waals surface area (Å²) in [5, 5.41) is 0. The van der Waals surface area contributed by atoms with Gasteiger partial charge in [-0.05, 0) is 25.0 Å². The van der Waals surface area contributed by atoms with Gasteiger partial charge in [-0.3, -0.25) is 4.79 Å². The van der Waals surface area contributed by atoms with Crippen molar-refractivity contribution in [3.63, 3.8) is 0 Å². The maximum absolute atomic E-state index is 11.4. The van der Waals surface area contributed by atoms with Crippen LogP contribution in [0.5, 0.6) is 5.75 Å². The van der Waals surface area contributed by atoms with E-state index in [9.17, 15) is 4.79 Å². The molecule has 0 aliphatic rings. The van der Waals surface area contributed by atoms with Gasteiger partial charge in [0.1, 0.15) is 11.5 Å². The van der Waals surface area contributed by atoms with Crippen molar-refractivity contribution >= 4 is 5.78 Å². The largest absolute Gasteiger partial charge is 0.493 e. The quantitative estimate of drug-likeness (QED) is 0.494. The summed E-state index contributed by atoms with van der Waals surface area (Å²) in [6.07, 6.45) is 4.77. The highest BCUT2D eigenvalue weighted by Gasteiger charge is 2.01. The molecule has 0 aromatic heterocycles. The lowest BCUT2D eigenvalue weighted by Crippen LogP contribution is -2.05. The number of hydrogen-bond donors (Lipinski definition) is 0. The molecule has 0 saturated carbocycles. The van der Waals surface area contributed by atoms with Crippen LogP contribution in [0.1, 0.15) is 25.7 Å². The van der Waals surface area contributed by atoms with Crippen LogP contribution in [-0.2, 0) is 4.79 Å². The van der Waals surface area contributed by atoms with E-state index in [0.717, 1.165) is 18.6 Å². The van der Waals surface area contributed by atoms with E-state index in [1.54, 1.807) is 0 Å². The zero-order valence-electron chi connectivity index (χ0n) is 9.52. The van der Waals surface area contributed by atoms with Gasteiger partial charge in [-0.15, -0.1) is 6.58 Å². The standard InChI is InChI=1S/C14H18O2/c1-2-3-5-8-13(15)11-12-16-14-9-6-4-7-10-14/h2,4,6-7,9-10H,1,3,5,8,11-12H2. The molecular weight excluding hydrogens is 200 g/mol. The van der Waals surface area contributed by atoms with Crippen LogP contribution >= 0.6 is 0 Å². The third kappa shape index (κ3) is 5.35. The molecule has 0 atom stereocenters. The zero-order chi connectivity index (χ0) is 11.6. The Morgan fingerprint density at radius 1 is 1.25 bits per heavy atom. The smallest absolute Gasteiger partial charge is 0.136 e. The van der Waals surface area contributed by atoms with Crippen LogP contribution in [0, 0.1) is 0 Å². The predicted molar refractivity (Wildman–Crippen MR) is 65.6 cm³/mol. The Morgan fingerprint density at radius 2 is 2.00 bits per heavy atom. The Labute approximate surface area is 96.9 Å². The number of hydrogen-bond acceptors (Lipinski definition) is 2. The minimum atomic E-state index is 0.262. The number of Topliss-reactive ketones (excluding diaryl/α,β-unsaturated/α-hetero) is 1. The third-order valence-corrected chi connectivity index (χ3v) is 2.26. The second-order valence-electron chi connectivity index (χ2n) is 3.63. The molecule has 1 aromatic carbocycles. The lowest BCUT2D eigenvalue weighted by atomic mass is 10.1. The number of allylic oxidation sites excluding steroid dienone is 1. The first kappa shape index (κ1) is 12.5. The van der Waals surface area contributed by atoms with Gasteiger partial charge in [0.15, 0.2) is 0 Å². The van der Waals surface area contributed by atoms with E-state index in [0.29, 0.717) is 19.4 Å². The number of ether oxygens (including phenoxy) is 1. The van der Waals surface area contributed by atoms with E-state index in [1.165, 1.54) is 0 Å². The summed E-state index contributed by atoms with van der Waals surface area (Å²) in [6.45, 7) is 4.09. The fourth-order valence-electron chi connectivity index (χ4n) is 1.37. The SMILES string of the molecule is C=CCCCC(=O)CCOc1ccccc1. The fraction of sp³-hybridized carbons (Fsp3) is 0.357. The average molecular weight is 218 g/mol. The van der Waals surface area contributed by atoms with Crippen molar-refractivity contribution in [1.29, 1.82) is 0 Å². The van der Waals surface area contributed by atoms with Crippen LogP contribution in [-0.4, -0.2) is 12.4 Å². The molecule has 86 valence electrons. The van der Waals surface area contributed by atoms with Gasteiger partial charge in [-0.1, -0.05) is 24.3 Å². The van der Waals surface area contributed by atoms with Crippen molar-refractivity contribution in [2.24, 2.45) is 0 Å². The first-order valence-corrected chi connectivity index (χ1v) is 5.63. The Morgan fingerprint density at radius 3 is 2.69 bits per heavy atom. The number of benzene rings is 1. The molecule has 0 amide bonds. The van der Waals surface area contributed by atoms with E-state index in [-0.39, 0.29) is 5.78 Å². The lowest BCUT2D eigenvalue weighted by Gasteiger charge is -2.04. The summed E-state index contributed by atoms with van der Waals surface area (Å²) >= 11 is 0. The topological polar surface area (TPSA) is 26.3 Å². The third-order valence-electron chi connectivity index (χ3n) is 2.26. The zero-order valence-corrected chi connectivity index (χ0v) is 9.52. The first-order valence-electron chi connectivity index (χ1n) is 5.63. The van der Waals surface area contributed by atoms with Crippen LogP contribution in [0.4, 0.5) is 0 Å². The van der Waals surface area contributed by atoms with Crippen molar-refractivity contribution in [2.45, 2.75) is 25.7 Å². The number of ketones is 1. The molecule has 16 heavy (non-hydrogen) atoms. The van der Waals surface area contributed by atoms with Crippen LogP contribution < -0.4 is 4.74 Å². The molecule has 2 heteroatoms. The number of unbranched alkanes of at least 4 members (excludes halogenated alkanes) is 1. The summed E-state index contributed by atoms with van der Waals surface area (Å²) in [6, 6.07) is 9.56. The Kier molecular flexibility index (Phi) is 6.00. The first-order chi connectivity index (χ1) is 7.83. The predicted octanol–water partition coefficient (Wildman–Crippen LogP) is 3.38. The highest BCUT2D eigenvalue weighted by Crippen LogP contribution is 2.09. The van der Waals surface area contributed by atoms with Gasteiger partial charge in [0.25, 0.3) is 0 Å². The van der Waals surface area contributed by atoms with Crippen molar-refractivity contribution in [3.05, 3.63) is 43.0 Å².